The van der Waals surface area contributed by atoms with Gasteiger partial charge >= 0.3 is 5.97 Å². The summed E-state index contributed by atoms with van der Waals surface area (Å²) in [6.45, 7) is 3.80. The van der Waals surface area contributed by atoms with Gasteiger partial charge < -0.3 is 10.4 Å². The highest BCUT2D eigenvalue weighted by atomic mass is 32.2. The summed E-state index contributed by atoms with van der Waals surface area (Å²) in [5, 5.41) is 12.1. The average molecular weight is 392 g/mol. The molecule has 8 heteroatoms. The van der Waals surface area contributed by atoms with E-state index in [1.54, 1.807) is 11.8 Å². The number of carboxylic acids is 1. The van der Waals surface area contributed by atoms with E-state index in [1.807, 2.05) is 44.2 Å². The van der Waals surface area contributed by atoms with E-state index in [2.05, 4.69) is 15.3 Å². The Labute approximate surface area is 161 Å². The lowest BCUT2D eigenvalue weighted by molar-refractivity contribution is -0.136. The Hall–Kier alpha value is -2.06. The normalized spacial score (nSPS) is 10.5. The molecule has 26 heavy (non-hydrogen) atoms. The van der Waals surface area contributed by atoms with Crippen LogP contribution in [0, 0.1) is 13.8 Å². The number of carboxylic acid groups (broad SMARTS) is 1. The molecule has 0 unspecified atom stereocenters. The third kappa shape index (κ3) is 7.45. The molecule has 0 aliphatic heterocycles. The number of carbonyl (C=O) groups is 2. The van der Waals surface area contributed by atoms with Crippen molar-refractivity contribution >= 4 is 41.1 Å². The van der Waals surface area contributed by atoms with E-state index >= 15 is 0 Å². The number of hydrogen-bond donors (Lipinski definition) is 2. The van der Waals surface area contributed by atoms with Crippen molar-refractivity contribution in [2.24, 2.45) is 0 Å². The first-order chi connectivity index (χ1) is 12.4. The Bertz CT molecular complexity index is 764. The number of aromatic nitrogens is 2. The maximum atomic E-state index is 12.1. The monoisotopic (exact) mass is 391 g/mol. The molecule has 1 aromatic carbocycles. The molecule has 1 amide bonds. The fourth-order valence-corrected chi connectivity index (χ4v) is 3.80. The van der Waals surface area contributed by atoms with Crippen LogP contribution in [-0.2, 0) is 15.3 Å². The number of anilines is 1. The zero-order valence-corrected chi connectivity index (χ0v) is 16.3. The van der Waals surface area contributed by atoms with Crippen LogP contribution in [0.4, 0.5) is 5.69 Å². The van der Waals surface area contributed by atoms with Crippen molar-refractivity contribution in [2.45, 2.75) is 31.2 Å². The number of benzene rings is 1. The molecule has 1 aromatic heterocycles. The Morgan fingerprint density at radius 1 is 1.15 bits per heavy atom. The number of hydrogen-bond acceptors (Lipinski definition) is 6. The summed E-state index contributed by atoms with van der Waals surface area (Å²) in [6.07, 6.45) is 0.152. The van der Waals surface area contributed by atoms with Gasteiger partial charge in [-0.3, -0.25) is 9.59 Å². The summed E-state index contributed by atoms with van der Waals surface area (Å²) in [5.74, 6) is 0.610. The van der Waals surface area contributed by atoms with Crippen molar-refractivity contribution in [1.82, 2.24) is 9.97 Å². The van der Waals surface area contributed by atoms with Gasteiger partial charge in [-0.2, -0.15) is 11.8 Å². The Morgan fingerprint density at radius 3 is 2.58 bits per heavy atom. The summed E-state index contributed by atoms with van der Waals surface area (Å²) in [7, 11) is 0. The molecule has 2 aromatic rings. The third-order valence-corrected chi connectivity index (χ3v) is 5.11. The number of thioether (sulfide) groups is 2. The molecule has 0 saturated carbocycles. The van der Waals surface area contributed by atoms with Gasteiger partial charge in [-0.15, -0.1) is 0 Å². The Balaban J connectivity index is 1.82. The molecule has 0 aliphatic carbocycles. The first kappa shape index (κ1) is 20.3. The molecule has 0 aliphatic rings. The highest BCUT2D eigenvalue weighted by molar-refractivity contribution is 7.99. The molecule has 0 fully saturated rings. The van der Waals surface area contributed by atoms with Gasteiger partial charge in [-0.1, -0.05) is 23.9 Å². The van der Waals surface area contributed by atoms with Crippen LogP contribution in [0.3, 0.4) is 0 Å². The SMILES string of the molecule is Cc1cc(C)nc(SCC(=O)Nc2cccc(CSCCC(=O)O)c2)n1. The van der Waals surface area contributed by atoms with E-state index < -0.39 is 5.97 Å². The third-order valence-electron chi connectivity index (χ3n) is 3.23. The second-order valence-corrected chi connectivity index (χ2v) is 7.71. The van der Waals surface area contributed by atoms with E-state index in [0.717, 1.165) is 22.6 Å². The summed E-state index contributed by atoms with van der Waals surface area (Å²) in [4.78, 5) is 31.3. The molecule has 1 heterocycles. The molecule has 0 atom stereocenters. The zero-order valence-electron chi connectivity index (χ0n) is 14.7. The van der Waals surface area contributed by atoms with E-state index in [1.165, 1.54) is 11.8 Å². The zero-order chi connectivity index (χ0) is 18.9. The molecule has 6 nitrogen and oxygen atoms in total. The Morgan fingerprint density at radius 2 is 1.88 bits per heavy atom. The number of nitrogens with zero attached hydrogens (tertiary/aromatic N) is 2. The van der Waals surface area contributed by atoms with Gasteiger partial charge in [0.1, 0.15) is 0 Å². The number of aliphatic carboxylic acids is 1. The summed E-state index contributed by atoms with van der Waals surface area (Å²) in [6, 6.07) is 9.47. The summed E-state index contributed by atoms with van der Waals surface area (Å²) < 4.78 is 0. The predicted octanol–water partition coefficient (Wildman–Crippen LogP) is 3.53. The molecule has 0 saturated heterocycles. The number of amides is 1. The quantitative estimate of drug-likeness (QED) is 0.384. The highest BCUT2D eigenvalue weighted by Crippen LogP contribution is 2.18. The van der Waals surface area contributed by atoms with E-state index in [0.29, 0.717) is 16.7 Å². The first-order valence-electron chi connectivity index (χ1n) is 8.06. The second-order valence-electron chi connectivity index (χ2n) is 5.67. The van der Waals surface area contributed by atoms with E-state index in [9.17, 15) is 9.59 Å². The summed E-state index contributed by atoms with van der Waals surface area (Å²) in [5.41, 5.74) is 3.54. The maximum absolute atomic E-state index is 12.1. The standard InChI is InChI=1S/C18H21N3O3S2/c1-12-8-13(2)20-18(19-12)26-11-16(22)21-15-5-3-4-14(9-15)10-25-7-6-17(23)24/h3-5,8-9H,6-7,10-11H2,1-2H3,(H,21,22)(H,23,24). The van der Waals surface area contributed by atoms with Crippen LogP contribution in [-0.4, -0.2) is 38.5 Å². The lowest BCUT2D eigenvalue weighted by Crippen LogP contribution is -2.14. The van der Waals surface area contributed by atoms with Crippen LogP contribution in [0.15, 0.2) is 35.5 Å². The van der Waals surface area contributed by atoms with Gasteiger partial charge in [0.25, 0.3) is 0 Å². The van der Waals surface area contributed by atoms with Gasteiger partial charge in [-0.25, -0.2) is 9.97 Å². The van der Waals surface area contributed by atoms with Crippen LogP contribution in [0.5, 0.6) is 0 Å². The molecular weight excluding hydrogens is 370 g/mol. The fraction of sp³-hybridized carbons (Fsp3) is 0.333. The van der Waals surface area contributed by atoms with E-state index in [-0.39, 0.29) is 18.1 Å². The fourth-order valence-electron chi connectivity index (χ4n) is 2.17. The summed E-state index contributed by atoms with van der Waals surface area (Å²) >= 11 is 2.86. The number of aryl methyl sites for hydroxylation is 2. The topological polar surface area (TPSA) is 92.2 Å². The van der Waals surface area contributed by atoms with Gasteiger partial charge in [-0.05, 0) is 37.6 Å². The number of carbonyl (C=O) groups excluding carboxylic acids is 1. The minimum absolute atomic E-state index is 0.117. The van der Waals surface area contributed by atoms with Crippen LogP contribution >= 0.6 is 23.5 Å². The Kier molecular flexibility index (Phi) is 7.93. The maximum Gasteiger partial charge on any atom is 0.304 e. The number of nitrogens with one attached hydrogen (secondary N) is 1. The molecule has 0 bridgehead atoms. The first-order valence-corrected chi connectivity index (χ1v) is 10.2. The predicted molar refractivity (Wildman–Crippen MR) is 106 cm³/mol. The van der Waals surface area contributed by atoms with Crippen molar-refractivity contribution in [1.29, 1.82) is 0 Å². The molecular formula is C18H21N3O3S2. The van der Waals surface area contributed by atoms with Crippen LogP contribution in [0.2, 0.25) is 0 Å². The van der Waals surface area contributed by atoms with Crippen LogP contribution < -0.4 is 5.32 Å². The molecule has 0 radical (unpaired) electrons. The van der Waals surface area contributed by atoms with Crippen molar-refractivity contribution in [2.75, 3.05) is 16.8 Å². The van der Waals surface area contributed by atoms with Crippen molar-refractivity contribution in [3.63, 3.8) is 0 Å². The number of rotatable bonds is 9. The van der Waals surface area contributed by atoms with Gasteiger partial charge in [0, 0.05) is 28.6 Å². The minimum atomic E-state index is -0.788. The van der Waals surface area contributed by atoms with Gasteiger partial charge in [0.05, 0.1) is 12.2 Å². The molecule has 138 valence electrons. The average Bonchev–Trinajstić information content (AvgIpc) is 2.56. The van der Waals surface area contributed by atoms with Crippen LogP contribution in [0.1, 0.15) is 23.4 Å². The molecule has 2 N–H and O–H groups in total. The largest absolute Gasteiger partial charge is 0.481 e. The van der Waals surface area contributed by atoms with Crippen molar-refractivity contribution in [3.05, 3.63) is 47.3 Å². The van der Waals surface area contributed by atoms with Gasteiger partial charge in [0.15, 0.2) is 5.16 Å². The van der Waals surface area contributed by atoms with Crippen molar-refractivity contribution in [3.8, 4) is 0 Å². The smallest absolute Gasteiger partial charge is 0.304 e. The molecule has 2 rings (SSSR count). The molecule has 0 spiro atoms. The lowest BCUT2D eigenvalue weighted by atomic mass is 10.2. The van der Waals surface area contributed by atoms with Crippen LogP contribution in [0.25, 0.3) is 0 Å². The van der Waals surface area contributed by atoms with Gasteiger partial charge in [0.2, 0.25) is 5.91 Å². The lowest BCUT2D eigenvalue weighted by Gasteiger charge is -2.07. The van der Waals surface area contributed by atoms with E-state index in [4.69, 9.17) is 5.11 Å². The van der Waals surface area contributed by atoms with Crippen molar-refractivity contribution < 1.29 is 14.7 Å². The minimum Gasteiger partial charge on any atom is -0.481 e. The highest BCUT2D eigenvalue weighted by Gasteiger charge is 2.07. The second kappa shape index (κ2) is 10.2.